The Kier molecular flexibility index (Phi) is 5.97. The van der Waals surface area contributed by atoms with Gasteiger partial charge in [0.05, 0.1) is 21.3 Å². The lowest BCUT2D eigenvalue weighted by Gasteiger charge is -2.35. The van der Waals surface area contributed by atoms with E-state index < -0.39 is 0 Å². The van der Waals surface area contributed by atoms with Crippen molar-refractivity contribution in [1.29, 1.82) is 0 Å². The van der Waals surface area contributed by atoms with Crippen LogP contribution in [0, 0.1) is 0 Å². The minimum atomic E-state index is 0.317. The first-order valence-corrected chi connectivity index (χ1v) is 9.82. The van der Waals surface area contributed by atoms with Crippen LogP contribution in [0.1, 0.15) is 11.1 Å². The standard InChI is InChI=1S/C22H28N2O5/c1-25-19-12-21(27-3)20(26-2)11-17(19)14-24-8-6-23(7-9-24)13-16-4-5-18-22(10-16)29-15-28-18/h4-5,10-12H,6-9,13-15H2,1-3H3. The lowest BCUT2D eigenvalue weighted by Crippen LogP contribution is -2.45. The molecule has 2 aromatic rings. The lowest BCUT2D eigenvalue weighted by molar-refractivity contribution is 0.121. The lowest BCUT2D eigenvalue weighted by atomic mass is 10.1. The van der Waals surface area contributed by atoms with Crippen molar-refractivity contribution in [2.24, 2.45) is 0 Å². The number of fused-ring (bicyclic) bond motifs is 1. The molecule has 0 aromatic heterocycles. The predicted octanol–water partition coefficient (Wildman–Crippen LogP) is 2.76. The Labute approximate surface area is 171 Å². The first-order valence-electron chi connectivity index (χ1n) is 9.82. The zero-order valence-corrected chi connectivity index (χ0v) is 17.3. The second kappa shape index (κ2) is 8.80. The largest absolute Gasteiger partial charge is 0.496 e. The highest BCUT2D eigenvalue weighted by Crippen LogP contribution is 2.35. The zero-order valence-electron chi connectivity index (χ0n) is 17.3. The molecule has 0 saturated carbocycles. The molecule has 7 heteroatoms. The maximum atomic E-state index is 5.57. The molecule has 0 amide bonds. The Morgan fingerprint density at radius 1 is 0.724 bits per heavy atom. The molecule has 2 aliphatic rings. The van der Waals surface area contributed by atoms with E-state index in [4.69, 9.17) is 23.7 Å². The normalized spacial score (nSPS) is 16.7. The smallest absolute Gasteiger partial charge is 0.231 e. The summed E-state index contributed by atoms with van der Waals surface area (Å²) in [6, 6.07) is 10.1. The number of piperazine rings is 1. The summed E-state index contributed by atoms with van der Waals surface area (Å²) in [5, 5.41) is 0. The van der Waals surface area contributed by atoms with E-state index in [0.717, 1.165) is 67.8 Å². The molecule has 0 aliphatic carbocycles. The highest BCUT2D eigenvalue weighted by atomic mass is 16.7. The summed E-state index contributed by atoms with van der Waals surface area (Å²) in [6.07, 6.45) is 0. The van der Waals surface area contributed by atoms with Gasteiger partial charge in [-0.3, -0.25) is 9.80 Å². The van der Waals surface area contributed by atoms with Crippen molar-refractivity contribution < 1.29 is 23.7 Å². The molecule has 2 aliphatic heterocycles. The van der Waals surface area contributed by atoms with Crippen LogP contribution < -0.4 is 23.7 Å². The zero-order chi connectivity index (χ0) is 20.2. The Morgan fingerprint density at radius 2 is 1.34 bits per heavy atom. The number of hydrogen-bond donors (Lipinski definition) is 0. The van der Waals surface area contributed by atoms with Gasteiger partial charge in [-0.1, -0.05) is 6.07 Å². The number of benzene rings is 2. The molecule has 0 atom stereocenters. The topological polar surface area (TPSA) is 52.6 Å². The maximum absolute atomic E-state index is 5.57. The van der Waals surface area contributed by atoms with Crippen molar-refractivity contribution in [2.75, 3.05) is 54.3 Å². The molecule has 0 bridgehead atoms. The SMILES string of the molecule is COc1cc(OC)c(OC)cc1CN1CCN(Cc2ccc3c(c2)OCO3)CC1. The highest BCUT2D eigenvalue weighted by Gasteiger charge is 2.21. The third-order valence-corrected chi connectivity index (χ3v) is 5.49. The van der Waals surface area contributed by atoms with Gasteiger partial charge in [0, 0.05) is 50.9 Å². The van der Waals surface area contributed by atoms with Gasteiger partial charge in [-0.25, -0.2) is 0 Å². The minimum Gasteiger partial charge on any atom is -0.496 e. The van der Waals surface area contributed by atoms with Crippen LogP contribution in [0.4, 0.5) is 0 Å². The maximum Gasteiger partial charge on any atom is 0.231 e. The van der Waals surface area contributed by atoms with E-state index in [1.807, 2.05) is 18.2 Å². The fourth-order valence-corrected chi connectivity index (χ4v) is 3.86. The third-order valence-electron chi connectivity index (χ3n) is 5.49. The predicted molar refractivity (Wildman–Crippen MR) is 109 cm³/mol. The van der Waals surface area contributed by atoms with Gasteiger partial charge in [0.1, 0.15) is 5.75 Å². The van der Waals surface area contributed by atoms with Crippen LogP contribution >= 0.6 is 0 Å². The molecule has 1 fully saturated rings. The van der Waals surface area contributed by atoms with Gasteiger partial charge in [-0.2, -0.15) is 0 Å². The second-order valence-corrected chi connectivity index (χ2v) is 7.26. The molecule has 7 nitrogen and oxygen atoms in total. The van der Waals surface area contributed by atoms with E-state index in [-0.39, 0.29) is 0 Å². The van der Waals surface area contributed by atoms with Crippen LogP contribution in [0.15, 0.2) is 30.3 Å². The average molecular weight is 400 g/mol. The van der Waals surface area contributed by atoms with Crippen LogP contribution in [0.3, 0.4) is 0 Å². The van der Waals surface area contributed by atoms with E-state index in [1.54, 1.807) is 21.3 Å². The van der Waals surface area contributed by atoms with Crippen molar-refractivity contribution in [3.8, 4) is 28.7 Å². The van der Waals surface area contributed by atoms with Crippen LogP contribution in [-0.4, -0.2) is 64.1 Å². The van der Waals surface area contributed by atoms with Crippen LogP contribution in [-0.2, 0) is 13.1 Å². The Bertz CT molecular complexity index is 849. The molecule has 0 radical (unpaired) electrons. The van der Waals surface area contributed by atoms with Crippen molar-refractivity contribution in [2.45, 2.75) is 13.1 Å². The molecular formula is C22H28N2O5. The van der Waals surface area contributed by atoms with Gasteiger partial charge in [0.2, 0.25) is 6.79 Å². The summed E-state index contributed by atoms with van der Waals surface area (Å²) in [5.41, 5.74) is 2.36. The molecule has 2 aromatic carbocycles. The monoisotopic (exact) mass is 400 g/mol. The molecule has 0 spiro atoms. The van der Waals surface area contributed by atoms with E-state index in [0.29, 0.717) is 12.5 Å². The molecule has 4 rings (SSSR count). The van der Waals surface area contributed by atoms with E-state index in [2.05, 4.69) is 21.9 Å². The molecule has 0 N–H and O–H groups in total. The van der Waals surface area contributed by atoms with Crippen molar-refractivity contribution >= 4 is 0 Å². The third kappa shape index (κ3) is 4.36. The number of rotatable bonds is 7. The van der Waals surface area contributed by atoms with Gasteiger partial charge in [0.15, 0.2) is 23.0 Å². The summed E-state index contributed by atoms with van der Waals surface area (Å²) in [5.74, 6) is 3.92. The summed E-state index contributed by atoms with van der Waals surface area (Å²) in [4.78, 5) is 4.92. The number of nitrogens with zero attached hydrogens (tertiary/aromatic N) is 2. The van der Waals surface area contributed by atoms with Crippen LogP contribution in [0.2, 0.25) is 0 Å². The van der Waals surface area contributed by atoms with Gasteiger partial charge >= 0.3 is 0 Å². The van der Waals surface area contributed by atoms with Crippen molar-refractivity contribution in [1.82, 2.24) is 9.80 Å². The molecule has 29 heavy (non-hydrogen) atoms. The fourth-order valence-electron chi connectivity index (χ4n) is 3.86. The summed E-state index contributed by atoms with van der Waals surface area (Å²) in [7, 11) is 4.98. The highest BCUT2D eigenvalue weighted by molar-refractivity contribution is 5.50. The molecule has 2 heterocycles. The summed E-state index contributed by atoms with van der Waals surface area (Å²) in [6.45, 7) is 6.10. The minimum absolute atomic E-state index is 0.317. The van der Waals surface area contributed by atoms with E-state index in [9.17, 15) is 0 Å². The van der Waals surface area contributed by atoms with Gasteiger partial charge < -0.3 is 23.7 Å². The second-order valence-electron chi connectivity index (χ2n) is 7.26. The number of ether oxygens (including phenoxy) is 5. The molecule has 0 unspecified atom stereocenters. The Morgan fingerprint density at radius 3 is 2.03 bits per heavy atom. The fraction of sp³-hybridized carbons (Fsp3) is 0.455. The van der Waals surface area contributed by atoms with E-state index in [1.165, 1.54) is 5.56 Å². The Hall–Kier alpha value is -2.64. The summed E-state index contributed by atoms with van der Waals surface area (Å²) >= 11 is 0. The Balaban J connectivity index is 1.35. The van der Waals surface area contributed by atoms with Crippen LogP contribution in [0.5, 0.6) is 28.7 Å². The van der Waals surface area contributed by atoms with Crippen LogP contribution in [0.25, 0.3) is 0 Å². The number of methoxy groups -OCH3 is 3. The number of hydrogen-bond acceptors (Lipinski definition) is 7. The van der Waals surface area contributed by atoms with Gasteiger partial charge in [-0.05, 0) is 23.8 Å². The summed E-state index contributed by atoms with van der Waals surface area (Å²) < 4.78 is 27.3. The van der Waals surface area contributed by atoms with Gasteiger partial charge in [-0.15, -0.1) is 0 Å². The van der Waals surface area contributed by atoms with Crippen molar-refractivity contribution in [3.63, 3.8) is 0 Å². The average Bonchev–Trinajstić information content (AvgIpc) is 3.22. The first-order chi connectivity index (χ1) is 14.2. The first kappa shape index (κ1) is 19.7. The van der Waals surface area contributed by atoms with Crippen molar-refractivity contribution in [3.05, 3.63) is 41.5 Å². The molecule has 1 saturated heterocycles. The molecular weight excluding hydrogens is 372 g/mol. The van der Waals surface area contributed by atoms with E-state index >= 15 is 0 Å². The van der Waals surface area contributed by atoms with Gasteiger partial charge in [0.25, 0.3) is 0 Å². The quantitative estimate of drug-likeness (QED) is 0.708. The molecule has 156 valence electrons.